The highest BCUT2D eigenvalue weighted by atomic mass is 32.1. The number of hydrogen-bond acceptors (Lipinski definition) is 5. The lowest BCUT2D eigenvalue weighted by atomic mass is 9.97. The molecular weight excluding hydrogens is 348 g/mol. The van der Waals surface area contributed by atoms with Gasteiger partial charge in [-0.2, -0.15) is 0 Å². The van der Waals surface area contributed by atoms with E-state index in [2.05, 4.69) is 34.2 Å². The minimum atomic E-state index is -0.211. The van der Waals surface area contributed by atoms with Gasteiger partial charge in [0.2, 0.25) is 5.82 Å². The molecule has 0 aromatic carbocycles. The van der Waals surface area contributed by atoms with Crippen molar-refractivity contribution in [1.82, 2.24) is 24.9 Å². The number of nitrogens with zero attached hydrogens (tertiary/aromatic N) is 4. The van der Waals surface area contributed by atoms with Crippen LogP contribution in [-0.4, -0.2) is 51.7 Å². The normalized spacial score (nSPS) is 14.3. The molecule has 1 aliphatic carbocycles. The van der Waals surface area contributed by atoms with Gasteiger partial charge in [-0.25, -0.2) is 14.5 Å². The Labute approximate surface area is 156 Å². The third-order valence-corrected chi connectivity index (χ3v) is 6.46. The van der Waals surface area contributed by atoms with Crippen molar-refractivity contribution < 1.29 is 9.69 Å². The van der Waals surface area contributed by atoms with Gasteiger partial charge in [-0.05, 0) is 45.1 Å². The van der Waals surface area contributed by atoms with Crippen LogP contribution in [0.1, 0.15) is 47.7 Å². The van der Waals surface area contributed by atoms with Gasteiger partial charge in [0.15, 0.2) is 5.65 Å². The van der Waals surface area contributed by atoms with Crippen molar-refractivity contribution >= 4 is 33.1 Å². The van der Waals surface area contributed by atoms with Gasteiger partial charge in [0.25, 0.3) is 5.91 Å². The first kappa shape index (κ1) is 17.4. The van der Waals surface area contributed by atoms with Crippen molar-refractivity contribution in [2.75, 3.05) is 26.2 Å². The predicted molar refractivity (Wildman–Crippen MR) is 102 cm³/mol. The van der Waals surface area contributed by atoms with Crippen molar-refractivity contribution in [2.24, 2.45) is 0 Å². The summed E-state index contributed by atoms with van der Waals surface area (Å²) in [5, 5.41) is 8.39. The highest BCUT2D eigenvalue weighted by Gasteiger charge is 2.22. The third kappa shape index (κ3) is 3.07. The van der Waals surface area contributed by atoms with Crippen molar-refractivity contribution in [1.29, 1.82) is 0 Å². The largest absolute Gasteiger partial charge is 0.344 e. The van der Waals surface area contributed by atoms with E-state index in [9.17, 15) is 4.79 Å². The second kappa shape index (κ2) is 7.28. The molecular formula is C18H25N6OS+. The number of rotatable bonds is 6. The van der Waals surface area contributed by atoms with Crippen LogP contribution in [0.2, 0.25) is 0 Å². The van der Waals surface area contributed by atoms with Gasteiger partial charge in [0.05, 0.1) is 31.6 Å². The Morgan fingerprint density at radius 2 is 2.12 bits per heavy atom. The summed E-state index contributed by atoms with van der Waals surface area (Å²) in [6.45, 7) is 7.98. The molecule has 0 radical (unpaired) electrons. The Bertz CT molecular complexity index is 942. The monoisotopic (exact) mass is 373 g/mol. The molecule has 3 aromatic rings. The van der Waals surface area contributed by atoms with E-state index in [1.807, 2.05) is 0 Å². The van der Waals surface area contributed by atoms with E-state index in [1.165, 1.54) is 28.2 Å². The molecule has 0 aliphatic heterocycles. The van der Waals surface area contributed by atoms with E-state index in [1.54, 1.807) is 22.2 Å². The summed E-state index contributed by atoms with van der Waals surface area (Å²) in [4.78, 5) is 25.4. The van der Waals surface area contributed by atoms with Crippen LogP contribution in [0.5, 0.6) is 0 Å². The first-order valence-electron chi connectivity index (χ1n) is 9.48. The second-order valence-corrected chi connectivity index (χ2v) is 7.89. The van der Waals surface area contributed by atoms with E-state index in [0.717, 1.165) is 48.3 Å². The standard InChI is InChI=1S/C18H24N6OS/c1-3-23(4-2)10-9-19-17(25)15-21-16-14-12-7-5-6-8-13(12)26-18(14)20-11-24(16)22-15/h11H,3-10H2,1-2H3,(H,19,25)/p+1. The van der Waals surface area contributed by atoms with Gasteiger partial charge in [0.1, 0.15) is 11.2 Å². The number of aromatic nitrogens is 4. The summed E-state index contributed by atoms with van der Waals surface area (Å²) in [6, 6.07) is 0. The molecule has 138 valence electrons. The van der Waals surface area contributed by atoms with Crippen molar-refractivity contribution in [3.8, 4) is 0 Å². The van der Waals surface area contributed by atoms with Gasteiger partial charge in [-0.3, -0.25) is 4.79 Å². The van der Waals surface area contributed by atoms with Crippen molar-refractivity contribution in [2.45, 2.75) is 39.5 Å². The molecule has 0 unspecified atom stereocenters. The Morgan fingerprint density at radius 1 is 1.31 bits per heavy atom. The molecule has 2 N–H and O–H groups in total. The summed E-state index contributed by atoms with van der Waals surface area (Å²) < 4.78 is 1.65. The molecule has 0 bridgehead atoms. The maximum absolute atomic E-state index is 12.5. The minimum Gasteiger partial charge on any atom is -0.344 e. The summed E-state index contributed by atoms with van der Waals surface area (Å²) in [7, 11) is 0. The molecule has 0 fully saturated rings. The first-order valence-corrected chi connectivity index (χ1v) is 10.3. The van der Waals surface area contributed by atoms with Crippen LogP contribution in [0.3, 0.4) is 0 Å². The summed E-state index contributed by atoms with van der Waals surface area (Å²) in [5.74, 6) is 0.0158. The van der Waals surface area contributed by atoms with E-state index in [4.69, 9.17) is 0 Å². The van der Waals surface area contributed by atoms with Gasteiger partial charge >= 0.3 is 0 Å². The molecule has 3 aromatic heterocycles. The zero-order chi connectivity index (χ0) is 18.1. The van der Waals surface area contributed by atoms with Gasteiger partial charge in [-0.15, -0.1) is 16.4 Å². The number of quaternary nitrogens is 1. The molecule has 4 rings (SSSR count). The SMILES string of the molecule is CC[NH+](CC)CCNC(=O)c1nc2c3c4c(sc3ncn2n1)CCCC4. The number of amides is 1. The highest BCUT2D eigenvalue weighted by Crippen LogP contribution is 2.36. The molecule has 0 atom stereocenters. The molecule has 0 spiro atoms. The lowest BCUT2D eigenvalue weighted by Crippen LogP contribution is -3.12. The topological polar surface area (TPSA) is 76.6 Å². The van der Waals surface area contributed by atoms with E-state index in [0.29, 0.717) is 6.54 Å². The number of nitrogens with one attached hydrogen (secondary N) is 2. The lowest BCUT2D eigenvalue weighted by Gasteiger charge is -2.14. The van der Waals surface area contributed by atoms with Crippen LogP contribution in [0, 0.1) is 0 Å². The van der Waals surface area contributed by atoms with E-state index in [-0.39, 0.29) is 11.7 Å². The molecule has 1 amide bonds. The van der Waals surface area contributed by atoms with Gasteiger partial charge < -0.3 is 10.2 Å². The average molecular weight is 374 g/mol. The average Bonchev–Trinajstić information content (AvgIpc) is 3.25. The number of likely N-dealkylation sites (N-methyl/N-ethyl adjacent to an activating group) is 1. The number of aryl methyl sites for hydroxylation is 2. The maximum atomic E-state index is 12.5. The fourth-order valence-corrected chi connectivity index (χ4v) is 4.91. The van der Waals surface area contributed by atoms with Crippen molar-refractivity contribution in [3.05, 3.63) is 22.6 Å². The fourth-order valence-electron chi connectivity index (χ4n) is 3.69. The minimum absolute atomic E-state index is 0.211. The number of fused-ring (bicyclic) bond motifs is 5. The lowest BCUT2D eigenvalue weighted by molar-refractivity contribution is -0.895. The van der Waals surface area contributed by atoms with E-state index < -0.39 is 0 Å². The summed E-state index contributed by atoms with van der Waals surface area (Å²) in [6.07, 6.45) is 6.30. The fraction of sp³-hybridized carbons (Fsp3) is 0.556. The highest BCUT2D eigenvalue weighted by molar-refractivity contribution is 7.19. The number of hydrogen-bond donors (Lipinski definition) is 2. The van der Waals surface area contributed by atoms with Gasteiger partial charge in [0, 0.05) is 4.88 Å². The predicted octanol–water partition coefficient (Wildman–Crippen LogP) is 0.872. The number of carbonyl (C=O) groups excluding carboxylic acids is 1. The van der Waals surface area contributed by atoms with Crippen LogP contribution in [-0.2, 0) is 12.8 Å². The molecule has 1 aliphatic rings. The Balaban J connectivity index is 1.60. The second-order valence-electron chi connectivity index (χ2n) is 6.80. The van der Waals surface area contributed by atoms with Crippen LogP contribution < -0.4 is 10.2 Å². The molecule has 7 nitrogen and oxygen atoms in total. The number of carbonyl (C=O) groups is 1. The molecule has 0 saturated carbocycles. The van der Waals surface area contributed by atoms with Crippen LogP contribution in [0.4, 0.5) is 0 Å². The Morgan fingerprint density at radius 3 is 2.92 bits per heavy atom. The van der Waals surface area contributed by atoms with Crippen LogP contribution in [0.15, 0.2) is 6.33 Å². The van der Waals surface area contributed by atoms with Gasteiger partial charge in [-0.1, -0.05) is 0 Å². The molecule has 26 heavy (non-hydrogen) atoms. The smallest absolute Gasteiger partial charge is 0.291 e. The van der Waals surface area contributed by atoms with E-state index >= 15 is 0 Å². The number of thiophene rings is 1. The molecule has 8 heteroatoms. The Kier molecular flexibility index (Phi) is 4.86. The zero-order valence-corrected chi connectivity index (χ0v) is 16.2. The molecule has 0 saturated heterocycles. The summed E-state index contributed by atoms with van der Waals surface area (Å²) in [5.41, 5.74) is 2.12. The molecule has 3 heterocycles. The first-order chi connectivity index (χ1) is 12.7. The third-order valence-electron chi connectivity index (χ3n) is 5.26. The zero-order valence-electron chi connectivity index (χ0n) is 15.3. The maximum Gasteiger partial charge on any atom is 0.291 e. The summed E-state index contributed by atoms with van der Waals surface area (Å²) >= 11 is 1.76. The van der Waals surface area contributed by atoms with Crippen LogP contribution in [0.25, 0.3) is 15.9 Å². The quantitative estimate of drug-likeness (QED) is 0.672. The van der Waals surface area contributed by atoms with Crippen LogP contribution >= 0.6 is 11.3 Å². The Hall–Kier alpha value is -2.06. The van der Waals surface area contributed by atoms with Crippen molar-refractivity contribution in [3.63, 3.8) is 0 Å².